The molecule has 0 bridgehead atoms. The summed E-state index contributed by atoms with van der Waals surface area (Å²) in [5, 5.41) is 11.3. The number of aliphatic hydroxyl groups excluding tert-OH is 1. The Morgan fingerprint density at radius 1 is 1.22 bits per heavy atom. The van der Waals surface area contributed by atoms with Gasteiger partial charge < -0.3 is 14.9 Å². The van der Waals surface area contributed by atoms with Gasteiger partial charge in [0.25, 0.3) is 11.7 Å². The molecule has 0 radical (unpaired) electrons. The van der Waals surface area contributed by atoms with Gasteiger partial charge in [0.2, 0.25) is 0 Å². The molecule has 1 amide bonds. The first kappa shape index (κ1) is 19.1. The maximum Gasteiger partial charge on any atom is 0.295 e. The number of carbonyl (C=O) groups is 2. The number of rotatable bonds is 5. The normalized spacial score (nSPS) is 19.1. The summed E-state index contributed by atoms with van der Waals surface area (Å²) in [6, 6.07) is 9.38. The van der Waals surface area contributed by atoms with Crippen molar-refractivity contribution in [2.24, 2.45) is 0 Å². The number of hydrogen-bond donors (Lipinski definition) is 1. The zero-order chi connectivity index (χ0) is 19.6. The summed E-state index contributed by atoms with van der Waals surface area (Å²) in [5.41, 5.74) is 1.17. The minimum Gasteiger partial charge on any atom is -0.507 e. The topological polar surface area (TPSA) is 73.7 Å². The van der Waals surface area contributed by atoms with Gasteiger partial charge in [0.05, 0.1) is 11.6 Å². The average molecular weight is 386 g/mol. The lowest BCUT2D eigenvalue weighted by Crippen LogP contribution is -2.35. The number of pyridine rings is 1. The Kier molecular flexibility index (Phi) is 5.58. The number of aromatic nitrogens is 1. The smallest absolute Gasteiger partial charge is 0.295 e. The fourth-order valence-corrected chi connectivity index (χ4v) is 3.29. The van der Waals surface area contributed by atoms with Crippen LogP contribution in [0.15, 0.2) is 54.4 Å². The van der Waals surface area contributed by atoms with Crippen molar-refractivity contribution in [1.29, 1.82) is 0 Å². The molecule has 1 aliphatic heterocycles. The first-order valence-electron chi connectivity index (χ1n) is 8.49. The van der Waals surface area contributed by atoms with E-state index in [9.17, 15) is 14.7 Å². The number of Topliss-reactive ketones (excluding diaryl/α,β-unsaturated/α-hetero) is 1. The monoisotopic (exact) mass is 385 g/mol. The van der Waals surface area contributed by atoms with E-state index in [0.29, 0.717) is 29.2 Å². The van der Waals surface area contributed by atoms with Gasteiger partial charge in [0.1, 0.15) is 5.76 Å². The number of halogens is 1. The van der Waals surface area contributed by atoms with Crippen molar-refractivity contribution < 1.29 is 14.7 Å². The van der Waals surface area contributed by atoms with Gasteiger partial charge in [-0.2, -0.15) is 0 Å². The van der Waals surface area contributed by atoms with Crippen LogP contribution in [-0.4, -0.2) is 58.8 Å². The van der Waals surface area contributed by atoms with E-state index in [1.807, 2.05) is 19.0 Å². The Morgan fingerprint density at radius 2 is 1.93 bits per heavy atom. The number of hydrogen-bond acceptors (Lipinski definition) is 5. The molecule has 6 nitrogen and oxygen atoms in total. The number of likely N-dealkylation sites (tertiary alicyclic amines) is 1. The Hall–Kier alpha value is -2.70. The number of benzene rings is 1. The fraction of sp³-hybridized carbons (Fsp3) is 0.250. The largest absolute Gasteiger partial charge is 0.507 e. The highest BCUT2D eigenvalue weighted by Crippen LogP contribution is 2.39. The van der Waals surface area contributed by atoms with E-state index < -0.39 is 17.7 Å². The van der Waals surface area contributed by atoms with Crippen molar-refractivity contribution in [3.05, 3.63) is 70.5 Å². The van der Waals surface area contributed by atoms with Crippen molar-refractivity contribution in [3.8, 4) is 0 Å². The quantitative estimate of drug-likeness (QED) is 0.486. The van der Waals surface area contributed by atoms with Gasteiger partial charge in [-0.05, 0) is 43.9 Å². The van der Waals surface area contributed by atoms with Crippen LogP contribution in [0.5, 0.6) is 0 Å². The van der Waals surface area contributed by atoms with Gasteiger partial charge in [-0.15, -0.1) is 0 Å². The Morgan fingerprint density at radius 3 is 2.56 bits per heavy atom. The van der Waals surface area contributed by atoms with E-state index in [-0.39, 0.29) is 11.3 Å². The van der Waals surface area contributed by atoms with Crippen LogP contribution in [0.2, 0.25) is 5.02 Å². The third-order valence-electron chi connectivity index (χ3n) is 4.45. The molecule has 1 aromatic carbocycles. The van der Waals surface area contributed by atoms with Gasteiger partial charge in [-0.1, -0.05) is 23.7 Å². The van der Waals surface area contributed by atoms with Gasteiger partial charge in [0, 0.05) is 36.1 Å². The molecule has 2 heterocycles. The van der Waals surface area contributed by atoms with Crippen LogP contribution >= 0.6 is 11.6 Å². The highest BCUT2D eigenvalue weighted by molar-refractivity contribution is 6.46. The predicted octanol–water partition coefficient (Wildman–Crippen LogP) is 2.72. The highest BCUT2D eigenvalue weighted by atomic mass is 35.5. The van der Waals surface area contributed by atoms with Crippen LogP contribution in [0.3, 0.4) is 0 Å². The summed E-state index contributed by atoms with van der Waals surface area (Å²) in [4.78, 5) is 32.9. The molecule has 7 heteroatoms. The van der Waals surface area contributed by atoms with Crippen molar-refractivity contribution >= 4 is 29.1 Å². The third-order valence-corrected chi connectivity index (χ3v) is 4.68. The molecule has 2 aromatic rings. The van der Waals surface area contributed by atoms with Gasteiger partial charge in [0.15, 0.2) is 0 Å². The summed E-state index contributed by atoms with van der Waals surface area (Å²) in [6.45, 7) is 0.947. The van der Waals surface area contributed by atoms with Crippen LogP contribution in [0, 0.1) is 0 Å². The molecule has 0 spiro atoms. The molecule has 0 aliphatic carbocycles. The van der Waals surface area contributed by atoms with Crippen LogP contribution in [-0.2, 0) is 9.59 Å². The van der Waals surface area contributed by atoms with E-state index in [0.717, 1.165) is 0 Å². The summed E-state index contributed by atoms with van der Waals surface area (Å²) < 4.78 is 0. The van der Waals surface area contributed by atoms with Crippen molar-refractivity contribution in [2.45, 2.75) is 6.04 Å². The van der Waals surface area contributed by atoms with E-state index in [1.54, 1.807) is 48.8 Å². The number of ketones is 1. The highest BCUT2D eigenvalue weighted by Gasteiger charge is 2.45. The lowest BCUT2D eigenvalue weighted by atomic mass is 9.96. The molecule has 0 saturated carbocycles. The number of nitrogens with zero attached hydrogens (tertiary/aromatic N) is 3. The summed E-state index contributed by atoms with van der Waals surface area (Å²) in [5.74, 6) is -1.56. The molecule has 27 heavy (non-hydrogen) atoms. The second-order valence-corrected chi connectivity index (χ2v) is 7.02. The minimum atomic E-state index is -0.701. The molecule has 1 saturated heterocycles. The van der Waals surface area contributed by atoms with E-state index in [2.05, 4.69) is 4.98 Å². The molecule has 1 unspecified atom stereocenters. The number of aliphatic hydroxyl groups is 1. The van der Waals surface area contributed by atoms with E-state index in [4.69, 9.17) is 11.6 Å². The Balaban J connectivity index is 2.13. The Labute approximate surface area is 162 Å². The zero-order valence-corrected chi connectivity index (χ0v) is 15.8. The minimum absolute atomic E-state index is 0.0622. The number of carbonyl (C=O) groups excluding carboxylic acids is 2. The molecule has 1 N–H and O–H groups in total. The fourth-order valence-electron chi connectivity index (χ4n) is 3.10. The SMILES string of the molecule is CN(C)CCN1C(=O)C(=O)/C(=C(\O)c2cccc(Cl)c2)C1c1ccncc1. The summed E-state index contributed by atoms with van der Waals surface area (Å²) in [6.07, 6.45) is 3.20. The summed E-state index contributed by atoms with van der Waals surface area (Å²) in [7, 11) is 3.79. The van der Waals surface area contributed by atoms with Gasteiger partial charge >= 0.3 is 0 Å². The van der Waals surface area contributed by atoms with Crippen molar-refractivity contribution in [3.63, 3.8) is 0 Å². The Bertz CT molecular complexity index is 896. The van der Waals surface area contributed by atoms with Crippen LogP contribution in [0.25, 0.3) is 5.76 Å². The molecule has 1 aliphatic rings. The van der Waals surface area contributed by atoms with Crippen LogP contribution in [0.1, 0.15) is 17.2 Å². The van der Waals surface area contributed by atoms with Crippen molar-refractivity contribution in [1.82, 2.24) is 14.8 Å². The predicted molar refractivity (Wildman–Crippen MR) is 103 cm³/mol. The second-order valence-electron chi connectivity index (χ2n) is 6.59. The molecule has 1 atom stereocenters. The lowest BCUT2D eigenvalue weighted by molar-refractivity contribution is -0.140. The maximum absolute atomic E-state index is 12.8. The molecule has 1 fully saturated rings. The molecule has 1 aromatic heterocycles. The van der Waals surface area contributed by atoms with Crippen molar-refractivity contribution in [2.75, 3.05) is 27.2 Å². The number of likely N-dealkylation sites (N-methyl/N-ethyl adjacent to an activating group) is 1. The molecular formula is C20H20ClN3O3. The summed E-state index contributed by atoms with van der Waals surface area (Å²) >= 11 is 6.02. The van der Waals surface area contributed by atoms with Gasteiger partial charge in [-0.25, -0.2) is 0 Å². The number of amides is 1. The zero-order valence-electron chi connectivity index (χ0n) is 15.1. The standard InChI is InChI=1S/C20H20ClN3O3/c1-23(2)10-11-24-17(13-6-8-22-9-7-13)16(19(26)20(24)27)18(25)14-4-3-5-15(21)12-14/h3-9,12,17,25H,10-11H2,1-2H3/b18-16-. The maximum atomic E-state index is 12.8. The van der Waals surface area contributed by atoms with Gasteiger partial charge in [-0.3, -0.25) is 14.6 Å². The molecule has 3 rings (SSSR count). The third kappa shape index (κ3) is 3.86. The first-order chi connectivity index (χ1) is 12.9. The van der Waals surface area contributed by atoms with E-state index in [1.165, 1.54) is 4.90 Å². The molecular weight excluding hydrogens is 366 g/mol. The van der Waals surface area contributed by atoms with Crippen LogP contribution < -0.4 is 0 Å². The van der Waals surface area contributed by atoms with Crippen LogP contribution in [0.4, 0.5) is 0 Å². The van der Waals surface area contributed by atoms with E-state index >= 15 is 0 Å². The average Bonchev–Trinajstić information content (AvgIpc) is 2.91. The molecule has 140 valence electrons. The lowest BCUT2D eigenvalue weighted by Gasteiger charge is -2.26. The first-order valence-corrected chi connectivity index (χ1v) is 8.87. The second kappa shape index (κ2) is 7.90.